The Morgan fingerprint density at radius 2 is 1.91 bits per heavy atom. The van der Waals surface area contributed by atoms with Crippen molar-refractivity contribution in [1.82, 2.24) is 10.2 Å². The molecule has 0 spiro atoms. The van der Waals surface area contributed by atoms with Crippen LogP contribution in [-0.4, -0.2) is 38.2 Å². The minimum atomic E-state index is -3.68. The van der Waals surface area contributed by atoms with Crippen LogP contribution < -0.4 is 5.32 Å². The van der Waals surface area contributed by atoms with E-state index in [1.807, 2.05) is 35.4 Å². The normalized spacial score (nSPS) is 20.1. The zero-order valence-corrected chi connectivity index (χ0v) is 19.9. The molecule has 0 radical (unpaired) electrons. The van der Waals surface area contributed by atoms with E-state index in [0.717, 1.165) is 23.3 Å². The van der Waals surface area contributed by atoms with Crippen LogP contribution in [0.25, 0.3) is 0 Å². The average Bonchev–Trinajstić information content (AvgIpc) is 3.45. The Hall–Kier alpha value is -2.97. The van der Waals surface area contributed by atoms with Crippen molar-refractivity contribution in [2.24, 2.45) is 10.3 Å². The highest BCUT2D eigenvalue weighted by atomic mass is 32.2. The number of hydrogen-bond acceptors (Lipinski definition) is 5. The SMILES string of the molecule is Cc1ccc(C(NC(=O)C2CCCN(C3=NS(=O)(=O)c4ccccc43)C2)c2cccs2)cc1. The number of amides is 1. The topological polar surface area (TPSA) is 78.8 Å². The summed E-state index contributed by atoms with van der Waals surface area (Å²) in [7, 11) is -3.68. The second kappa shape index (κ2) is 8.76. The van der Waals surface area contributed by atoms with Gasteiger partial charge in [-0.15, -0.1) is 15.7 Å². The minimum Gasteiger partial charge on any atom is -0.355 e. The molecule has 2 aromatic carbocycles. The molecule has 3 aromatic rings. The van der Waals surface area contributed by atoms with Crippen LogP contribution in [0.2, 0.25) is 0 Å². The lowest BCUT2D eigenvalue weighted by molar-refractivity contribution is -0.126. The van der Waals surface area contributed by atoms with Crippen molar-refractivity contribution < 1.29 is 13.2 Å². The third kappa shape index (κ3) is 4.32. The number of rotatable bonds is 4. The lowest BCUT2D eigenvalue weighted by atomic mass is 9.95. The number of likely N-dealkylation sites (tertiary alicyclic amines) is 1. The zero-order chi connectivity index (χ0) is 23.0. The Labute approximate surface area is 198 Å². The highest BCUT2D eigenvalue weighted by molar-refractivity contribution is 7.90. The molecule has 3 heterocycles. The predicted octanol–water partition coefficient (Wildman–Crippen LogP) is 4.12. The van der Waals surface area contributed by atoms with Gasteiger partial charge in [-0.3, -0.25) is 4.79 Å². The first-order valence-corrected chi connectivity index (χ1v) is 13.3. The molecule has 0 bridgehead atoms. The third-order valence-corrected chi connectivity index (χ3v) is 8.49. The molecule has 1 saturated heterocycles. The van der Waals surface area contributed by atoms with Gasteiger partial charge in [0.2, 0.25) is 5.91 Å². The summed E-state index contributed by atoms with van der Waals surface area (Å²) >= 11 is 1.62. The monoisotopic (exact) mass is 479 g/mol. The Morgan fingerprint density at radius 3 is 2.67 bits per heavy atom. The summed E-state index contributed by atoms with van der Waals surface area (Å²) in [6, 6.07) is 18.9. The van der Waals surface area contributed by atoms with Gasteiger partial charge in [-0.1, -0.05) is 48.0 Å². The van der Waals surface area contributed by atoms with Crippen LogP contribution in [0.5, 0.6) is 0 Å². The van der Waals surface area contributed by atoms with Gasteiger partial charge in [0.05, 0.1) is 12.0 Å². The Bertz CT molecular complexity index is 1300. The van der Waals surface area contributed by atoms with Gasteiger partial charge in [0.25, 0.3) is 10.0 Å². The summed E-state index contributed by atoms with van der Waals surface area (Å²) in [5.41, 5.74) is 2.84. The van der Waals surface area contributed by atoms with Crippen molar-refractivity contribution in [3.05, 3.63) is 87.6 Å². The van der Waals surface area contributed by atoms with Gasteiger partial charge in [-0.25, -0.2) is 0 Å². The van der Waals surface area contributed by atoms with Gasteiger partial charge in [0, 0.05) is 23.5 Å². The number of aryl methyl sites for hydroxylation is 1. The summed E-state index contributed by atoms with van der Waals surface area (Å²) in [6.07, 6.45) is 1.56. The van der Waals surface area contributed by atoms with E-state index in [4.69, 9.17) is 0 Å². The molecule has 2 aliphatic rings. The second-order valence-electron chi connectivity index (χ2n) is 8.54. The second-order valence-corrected chi connectivity index (χ2v) is 11.1. The van der Waals surface area contributed by atoms with Crippen LogP contribution in [-0.2, 0) is 14.8 Å². The van der Waals surface area contributed by atoms with Crippen molar-refractivity contribution in [2.75, 3.05) is 13.1 Å². The van der Waals surface area contributed by atoms with Gasteiger partial charge in [0.15, 0.2) is 5.84 Å². The summed E-state index contributed by atoms with van der Waals surface area (Å²) < 4.78 is 29.0. The number of hydrogen-bond donors (Lipinski definition) is 1. The van der Waals surface area contributed by atoms with Crippen LogP contribution in [0.3, 0.4) is 0 Å². The molecule has 170 valence electrons. The molecule has 1 N–H and O–H groups in total. The largest absolute Gasteiger partial charge is 0.355 e. The smallest absolute Gasteiger partial charge is 0.285 e. The maximum absolute atomic E-state index is 13.4. The number of piperidine rings is 1. The molecular weight excluding hydrogens is 454 g/mol. The minimum absolute atomic E-state index is 0.0200. The predicted molar refractivity (Wildman–Crippen MR) is 130 cm³/mol. The number of sulfonamides is 1. The summed E-state index contributed by atoms with van der Waals surface area (Å²) in [6.45, 7) is 3.17. The van der Waals surface area contributed by atoms with Crippen molar-refractivity contribution >= 4 is 33.1 Å². The molecule has 1 amide bonds. The molecule has 2 aliphatic heterocycles. The van der Waals surface area contributed by atoms with E-state index < -0.39 is 10.0 Å². The molecule has 2 unspecified atom stereocenters. The number of thiophene rings is 1. The lowest BCUT2D eigenvalue weighted by Gasteiger charge is -2.34. The molecule has 0 saturated carbocycles. The number of benzene rings is 2. The fraction of sp³-hybridized carbons (Fsp3) is 0.280. The van der Waals surface area contributed by atoms with Crippen molar-refractivity contribution in [2.45, 2.75) is 30.7 Å². The maximum atomic E-state index is 13.4. The first-order chi connectivity index (χ1) is 15.9. The van der Waals surface area contributed by atoms with Crippen LogP contribution >= 0.6 is 11.3 Å². The summed E-state index contributed by atoms with van der Waals surface area (Å²) in [4.78, 5) is 16.7. The van der Waals surface area contributed by atoms with Gasteiger partial charge < -0.3 is 10.2 Å². The molecule has 1 fully saturated rings. The van der Waals surface area contributed by atoms with Crippen molar-refractivity contribution in [1.29, 1.82) is 0 Å². The number of nitrogens with one attached hydrogen (secondary N) is 1. The van der Waals surface area contributed by atoms with E-state index in [9.17, 15) is 13.2 Å². The van der Waals surface area contributed by atoms with Gasteiger partial charge in [-0.05, 0) is 48.9 Å². The van der Waals surface area contributed by atoms with Crippen LogP contribution in [0.15, 0.2) is 75.3 Å². The third-order valence-electron chi connectivity index (χ3n) is 6.23. The van der Waals surface area contributed by atoms with Crippen LogP contribution in [0.4, 0.5) is 0 Å². The van der Waals surface area contributed by atoms with E-state index in [-0.39, 0.29) is 22.8 Å². The Morgan fingerprint density at radius 1 is 1.12 bits per heavy atom. The molecule has 33 heavy (non-hydrogen) atoms. The first-order valence-electron chi connectivity index (χ1n) is 11.0. The molecule has 2 atom stereocenters. The first kappa shape index (κ1) is 21.9. The molecule has 6 nitrogen and oxygen atoms in total. The standard InChI is InChI=1S/C25H25N3O3S2/c1-17-10-12-18(13-11-17)23(21-8-5-15-32-21)26-25(29)19-6-4-14-28(16-19)24-20-7-2-3-9-22(20)33(30,31)27-24/h2-3,5,7-13,15,19,23H,4,6,14,16H2,1H3,(H,26,29). The Kier molecular flexibility index (Phi) is 5.80. The number of nitrogens with zero attached hydrogens (tertiary/aromatic N) is 2. The van der Waals surface area contributed by atoms with E-state index >= 15 is 0 Å². The van der Waals surface area contributed by atoms with E-state index in [0.29, 0.717) is 24.5 Å². The fourth-order valence-corrected chi connectivity index (χ4v) is 6.52. The highest BCUT2D eigenvalue weighted by Gasteiger charge is 2.35. The Balaban J connectivity index is 1.36. The number of amidine groups is 1. The number of carbonyl (C=O) groups excluding carboxylic acids is 1. The van der Waals surface area contributed by atoms with Gasteiger partial charge >= 0.3 is 0 Å². The van der Waals surface area contributed by atoms with E-state index in [2.05, 4.69) is 34.0 Å². The molecule has 8 heteroatoms. The lowest BCUT2D eigenvalue weighted by Crippen LogP contribution is -2.46. The molecule has 1 aromatic heterocycles. The number of carbonyl (C=O) groups is 1. The van der Waals surface area contributed by atoms with E-state index in [1.165, 1.54) is 5.56 Å². The maximum Gasteiger partial charge on any atom is 0.285 e. The summed E-state index contributed by atoms with van der Waals surface area (Å²) in [5, 5.41) is 5.27. The fourth-order valence-electron chi connectivity index (χ4n) is 4.49. The average molecular weight is 480 g/mol. The van der Waals surface area contributed by atoms with Crippen LogP contribution in [0, 0.1) is 12.8 Å². The van der Waals surface area contributed by atoms with E-state index in [1.54, 1.807) is 29.5 Å². The molecular formula is C25H25N3O3S2. The van der Waals surface area contributed by atoms with Crippen LogP contribution in [0.1, 0.15) is 40.5 Å². The number of fused-ring (bicyclic) bond motifs is 1. The zero-order valence-electron chi connectivity index (χ0n) is 18.3. The van der Waals surface area contributed by atoms with Crippen molar-refractivity contribution in [3.63, 3.8) is 0 Å². The highest BCUT2D eigenvalue weighted by Crippen LogP contribution is 2.31. The van der Waals surface area contributed by atoms with Gasteiger partial charge in [-0.2, -0.15) is 8.42 Å². The quantitative estimate of drug-likeness (QED) is 0.611. The summed E-state index contributed by atoms with van der Waals surface area (Å²) in [5.74, 6) is 0.190. The van der Waals surface area contributed by atoms with Crippen molar-refractivity contribution in [3.8, 4) is 0 Å². The molecule has 5 rings (SSSR count). The molecule has 0 aliphatic carbocycles. The van der Waals surface area contributed by atoms with Gasteiger partial charge in [0.1, 0.15) is 4.90 Å².